The summed E-state index contributed by atoms with van der Waals surface area (Å²) in [6, 6.07) is 7.70. The first-order valence-electron chi connectivity index (χ1n) is 6.41. The molecule has 5 heteroatoms. The lowest BCUT2D eigenvalue weighted by molar-refractivity contribution is 0.522. The Hall–Kier alpha value is -1.67. The molecule has 0 amide bonds. The van der Waals surface area contributed by atoms with Crippen LogP contribution in [0.5, 0.6) is 0 Å². The van der Waals surface area contributed by atoms with Crippen LogP contribution in [0.4, 0.5) is 5.95 Å². The maximum absolute atomic E-state index is 9.01. The zero-order valence-corrected chi connectivity index (χ0v) is 11.7. The van der Waals surface area contributed by atoms with Crippen LogP contribution < -0.4 is 5.73 Å². The zero-order valence-electron chi connectivity index (χ0n) is 10.9. The highest BCUT2D eigenvalue weighted by molar-refractivity contribution is 8.00. The molecule has 2 N–H and O–H groups in total. The summed E-state index contributed by atoms with van der Waals surface area (Å²) in [5.41, 5.74) is 8.52. The van der Waals surface area contributed by atoms with Gasteiger partial charge in [0.05, 0.1) is 22.7 Å². The highest BCUT2D eigenvalue weighted by atomic mass is 32.2. The number of imidazole rings is 1. The van der Waals surface area contributed by atoms with Gasteiger partial charge in [0.25, 0.3) is 0 Å². The molecule has 98 valence electrons. The number of aromatic nitrogens is 2. The lowest BCUT2D eigenvalue weighted by Gasteiger charge is -2.24. The number of hydrogen-bond acceptors (Lipinski definition) is 4. The Kier molecular flexibility index (Phi) is 2.90. The minimum Gasteiger partial charge on any atom is -0.369 e. The summed E-state index contributed by atoms with van der Waals surface area (Å²) in [5.74, 6) is 1.76. The highest BCUT2D eigenvalue weighted by Gasteiger charge is 2.31. The molecule has 1 fully saturated rings. The van der Waals surface area contributed by atoms with Crippen molar-refractivity contribution in [3.8, 4) is 6.07 Å². The number of nitrogen functional groups attached to an aromatic ring is 1. The van der Waals surface area contributed by atoms with Crippen LogP contribution in [0.15, 0.2) is 18.2 Å². The fourth-order valence-electron chi connectivity index (χ4n) is 2.67. The number of nitrogens with two attached hydrogens (primary N) is 1. The molecule has 1 atom stereocenters. The molecule has 1 aromatic carbocycles. The number of hydrogen-bond donors (Lipinski definition) is 1. The van der Waals surface area contributed by atoms with Gasteiger partial charge in [0.1, 0.15) is 0 Å². The maximum Gasteiger partial charge on any atom is 0.201 e. The summed E-state index contributed by atoms with van der Waals surface area (Å²) >= 11 is 2.00. The van der Waals surface area contributed by atoms with Crippen LogP contribution in [0.25, 0.3) is 11.0 Å². The van der Waals surface area contributed by atoms with Gasteiger partial charge in [-0.2, -0.15) is 17.0 Å². The van der Waals surface area contributed by atoms with Crippen molar-refractivity contribution in [1.82, 2.24) is 9.55 Å². The molecule has 0 radical (unpaired) electrons. The Morgan fingerprint density at radius 2 is 2.42 bits per heavy atom. The number of benzene rings is 1. The molecule has 2 heterocycles. The topological polar surface area (TPSA) is 67.6 Å². The van der Waals surface area contributed by atoms with E-state index in [0.717, 1.165) is 17.6 Å². The van der Waals surface area contributed by atoms with Gasteiger partial charge >= 0.3 is 0 Å². The van der Waals surface area contributed by atoms with Gasteiger partial charge in [0, 0.05) is 11.3 Å². The molecular formula is C14H16N4S. The van der Waals surface area contributed by atoms with Crippen LogP contribution in [-0.4, -0.2) is 20.1 Å². The quantitative estimate of drug-likeness (QED) is 0.912. The van der Waals surface area contributed by atoms with E-state index in [1.54, 1.807) is 6.07 Å². The van der Waals surface area contributed by atoms with Crippen LogP contribution >= 0.6 is 11.8 Å². The van der Waals surface area contributed by atoms with Crippen LogP contribution in [0.2, 0.25) is 0 Å². The standard InChI is InChI=1S/C14H16N4S/c1-14(5-2-6-19-14)9-18-12-7-10(8-15)3-4-11(12)17-13(18)16/h3-4,7H,2,5-6,9H2,1H3,(H2,16,17). The average molecular weight is 272 g/mol. The number of nitrogens with zero attached hydrogens (tertiary/aromatic N) is 3. The van der Waals surface area contributed by atoms with Gasteiger partial charge < -0.3 is 10.3 Å². The van der Waals surface area contributed by atoms with Crippen LogP contribution in [0.3, 0.4) is 0 Å². The summed E-state index contributed by atoms with van der Waals surface area (Å²) in [6.07, 6.45) is 2.46. The van der Waals surface area contributed by atoms with E-state index < -0.39 is 0 Å². The second kappa shape index (κ2) is 4.46. The van der Waals surface area contributed by atoms with Crippen molar-refractivity contribution < 1.29 is 0 Å². The van der Waals surface area contributed by atoms with E-state index >= 15 is 0 Å². The molecule has 0 aliphatic carbocycles. The molecule has 1 unspecified atom stereocenters. The van der Waals surface area contributed by atoms with E-state index in [4.69, 9.17) is 11.0 Å². The Morgan fingerprint density at radius 3 is 3.11 bits per heavy atom. The van der Waals surface area contributed by atoms with E-state index in [2.05, 4.69) is 22.5 Å². The molecule has 0 spiro atoms. The minimum absolute atomic E-state index is 0.227. The highest BCUT2D eigenvalue weighted by Crippen LogP contribution is 2.40. The third kappa shape index (κ3) is 2.17. The smallest absolute Gasteiger partial charge is 0.201 e. The van der Waals surface area contributed by atoms with Crippen molar-refractivity contribution in [2.45, 2.75) is 31.1 Å². The summed E-state index contributed by atoms with van der Waals surface area (Å²) in [7, 11) is 0. The van der Waals surface area contributed by atoms with Crippen molar-refractivity contribution in [2.24, 2.45) is 0 Å². The van der Waals surface area contributed by atoms with Crippen molar-refractivity contribution in [3.05, 3.63) is 23.8 Å². The third-order valence-corrected chi connectivity index (χ3v) is 5.22. The Bertz CT molecular complexity index is 662. The van der Waals surface area contributed by atoms with Crippen LogP contribution in [0, 0.1) is 11.3 Å². The first-order valence-corrected chi connectivity index (χ1v) is 7.40. The fourth-order valence-corrected chi connectivity index (χ4v) is 3.96. The lowest BCUT2D eigenvalue weighted by atomic mass is 10.1. The summed E-state index contributed by atoms with van der Waals surface area (Å²) < 4.78 is 2.28. The third-order valence-electron chi connectivity index (χ3n) is 3.70. The van der Waals surface area contributed by atoms with E-state index in [1.807, 2.05) is 23.9 Å². The molecule has 0 saturated carbocycles. The first kappa shape index (κ1) is 12.4. The Labute approximate surface area is 116 Å². The molecule has 19 heavy (non-hydrogen) atoms. The molecule has 1 aliphatic rings. The Morgan fingerprint density at radius 1 is 1.58 bits per heavy atom. The fraction of sp³-hybridized carbons (Fsp3) is 0.429. The van der Waals surface area contributed by atoms with Gasteiger partial charge in [-0.1, -0.05) is 0 Å². The van der Waals surface area contributed by atoms with Crippen molar-refractivity contribution in [2.75, 3.05) is 11.5 Å². The van der Waals surface area contributed by atoms with Gasteiger partial charge in [-0.05, 0) is 43.7 Å². The second-order valence-electron chi connectivity index (χ2n) is 5.27. The van der Waals surface area contributed by atoms with Gasteiger partial charge in [0.2, 0.25) is 5.95 Å². The number of anilines is 1. The van der Waals surface area contributed by atoms with Gasteiger partial charge in [-0.15, -0.1) is 0 Å². The summed E-state index contributed by atoms with van der Waals surface area (Å²) in [4.78, 5) is 4.38. The first-order chi connectivity index (χ1) is 9.11. The van der Waals surface area contributed by atoms with Gasteiger partial charge in [-0.25, -0.2) is 4.98 Å². The molecule has 4 nitrogen and oxygen atoms in total. The maximum atomic E-state index is 9.01. The molecular weight excluding hydrogens is 256 g/mol. The van der Waals surface area contributed by atoms with Gasteiger partial charge in [0.15, 0.2) is 0 Å². The largest absolute Gasteiger partial charge is 0.369 e. The van der Waals surface area contributed by atoms with E-state index in [-0.39, 0.29) is 4.75 Å². The molecule has 2 aromatic rings. The molecule has 0 bridgehead atoms. The number of thioether (sulfide) groups is 1. The summed E-state index contributed by atoms with van der Waals surface area (Å²) in [6.45, 7) is 3.14. The SMILES string of the molecule is CC1(Cn2c(N)nc3ccc(C#N)cc32)CCCS1. The lowest BCUT2D eigenvalue weighted by Crippen LogP contribution is -2.24. The average Bonchev–Trinajstić information content (AvgIpc) is 2.95. The number of rotatable bonds is 2. The normalized spacial score (nSPS) is 22.7. The number of nitriles is 1. The van der Waals surface area contributed by atoms with Crippen molar-refractivity contribution in [1.29, 1.82) is 5.26 Å². The molecule has 1 saturated heterocycles. The monoisotopic (exact) mass is 272 g/mol. The molecule has 3 rings (SSSR count). The van der Waals surface area contributed by atoms with Gasteiger partial charge in [-0.3, -0.25) is 0 Å². The molecule has 1 aliphatic heterocycles. The zero-order chi connectivity index (χ0) is 13.5. The van der Waals surface area contributed by atoms with Crippen LogP contribution in [0.1, 0.15) is 25.3 Å². The second-order valence-corrected chi connectivity index (χ2v) is 6.96. The summed E-state index contributed by atoms with van der Waals surface area (Å²) in [5, 5.41) is 9.01. The Balaban J connectivity index is 2.07. The predicted molar refractivity (Wildman–Crippen MR) is 79.0 cm³/mol. The van der Waals surface area contributed by atoms with E-state index in [0.29, 0.717) is 11.5 Å². The predicted octanol–water partition coefficient (Wildman–Crippen LogP) is 2.78. The van der Waals surface area contributed by atoms with Crippen molar-refractivity contribution in [3.63, 3.8) is 0 Å². The van der Waals surface area contributed by atoms with E-state index in [1.165, 1.54) is 18.6 Å². The number of fused-ring (bicyclic) bond motifs is 1. The molecule has 1 aromatic heterocycles. The minimum atomic E-state index is 0.227. The van der Waals surface area contributed by atoms with Crippen molar-refractivity contribution >= 4 is 28.7 Å². The van der Waals surface area contributed by atoms with E-state index in [9.17, 15) is 0 Å². The van der Waals surface area contributed by atoms with Crippen LogP contribution in [-0.2, 0) is 6.54 Å².